The van der Waals surface area contributed by atoms with Gasteiger partial charge in [-0.3, -0.25) is 4.90 Å². The van der Waals surface area contributed by atoms with E-state index in [2.05, 4.69) is 4.90 Å². The molecule has 6 heteroatoms. The molecule has 22 heavy (non-hydrogen) atoms. The monoisotopic (exact) mass is 322 g/mol. The predicted octanol–water partition coefficient (Wildman–Crippen LogP) is 1.57. The van der Waals surface area contributed by atoms with Gasteiger partial charge in [0.05, 0.1) is 22.3 Å². The standard InChI is InChI=1S/C16H22N2O3S/c17-13-14-4-1-7-16(12-14)22(20,21)11-9-18-8-2-5-15(18)6-3-10-19/h1,4,7,12,15,19H,2-3,5-6,8-11H2. The van der Waals surface area contributed by atoms with Crippen LogP contribution in [0.1, 0.15) is 31.2 Å². The van der Waals surface area contributed by atoms with E-state index in [0.717, 1.165) is 32.2 Å². The fourth-order valence-corrected chi connectivity index (χ4v) is 4.26. The zero-order chi connectivity index (χ0) is 16.0. The van der Waals surface area contributed by atoms with E-state index < -0.39 is 9.84 Å². The Morgan fingerprint density at radius 1 is 1.41 bits per heavy atom. The molecule has 0 radical (unpaired) electrons. The average molecular weight is 322 g/mol. The molecular weight excluding hydrogens is 300 g/mol. The molecule has 0 spiro atoms. The topological polar surface area (TPSA) is 81.4 Å². The molecule has 0 saturated carbocycles. The van der Waals surface area contributed by atoms with E-state index in [1.54, 1.807) is 18.2 Å². The summed E-state index contributed by atoms with van der Waals surface area (Å²) in [6.07, 6.45) is 3.84. The molecule has 1 atom stereocenters. The molecule has 0 amide bonds. The lowest BCUT2D eigenvalue weighted by molar-refractivity contribution is 0.224. The van der Waals surface area contributed by atoms with E-state index >= 15 is 0 Å². The van der Waals surface area contributed by atoms with Crippen LogP contribution >= 0.6 is 0 Å². The van der Waals surface area contributed by atoms with Crippen LogP contribution in [0.5, 0.6) is 0 Å². The highest BCUT2D eigenvalue weighted by atomic mass is 32.2. The van der Waals surface area contributed by atoms with E-state index in [1.807, 2.05) is 6.07 Å². The number of rotatable bonds is 7. The van der Waals surface area contributed by atoms with Gasteiger partial charge in [-0.2, -0.15) is 5.26 Å². The Hall–Kier alpha value is -1.42. The van der Waals surface area contributed by atoms with Crippen molar-refractivity contribution in [3.05, 3.63) is 29.8 Å². The summed E-state index contributed by atoms with van der Waals surface area (Å²) in [4.78, 5) is 2.43. The molecule has 1 heterocycles. The van der Waals surface area contributed by atoms with Gasteiger partial charge < -0.3 is 5.11 Å². The fourth-order valence-electron chi connectivity index (χ4n) is 2.96. The molecule has 1 N–H and O–H groups in total. The molecule has 1 saturated heterocycles. The number of aliphatic hydroxyl groups excluding tert-OH is 1. The lowest BCUT2D eigenvalue weighted by Crippen LogP contribution is -2.34. The van der Waals surface area contributed by atoms with E-state index in [4.69, 9.17) is 10.4 Å². The van der Waals surface area contributed by atoms with Gasteiger partial charge in [0.15, 0.2) is 9.84 Å². The van der Waals surface area contributed by atoms with Gasteiger partial charge in [-0.1, -0.05) is 6.07 Å². The summed E-state index contributed by atoms with van der Waals surface area (Å²) in [6, 6.07) is 8.53. The first-order valence-corrected chi connectivity index (χ1v) is 9.30. The zero-order valence-electron chi connectivity index (χ0n) is 12.6. The van der Waals surface area contributed by atoms with Crippen LogP contribution in [-0.2, 0) is 9.84 Å². The lowest BCUT2D eigenvalue weighted by Gasteiger charge is -2.24. The van der Waals surface area contributed by atoms with Crippen molar-refractivity contribution in [2.24, 2.45) is 0 Å². The summed E-state index contributed by atoms with van der Waals surface area (Å²) < 4.78 is 24.8. The quantitative estimate of drug-likeness (QED) is 0.824. The van der Waals surface area contributed by atoms with Crippen molar-refractivity contribution in [2.75, 3.05) is 25.4 Å². The molecule has 5 nitrogen and oxygen atoms in total. The Bertz CT molecular complexity index is 637. The predicted molar refractivity (Wildman–Crippen MR) is 84.1 cm³/mol. The van der Waals surface area contributed by atoms with Crippen LogP contribution in [0.25, 0.3) is 0 Å². The highest BCUT2D eigenvalue weighted by molar-refractivity contribution is 7.91. The Morgan fingerprint density at radius 2 is 2.23 bits per heavy atom. The second-order valence-electron chi connectivity index (χ2n) is 5.66. The lowest BCUT2D eigenvalue weighted by atomic mass is 10.1. The maximum Gasteiger partial charge on any atom is 0.179 e. The maximum atomic E-state index is 12.4. The number of likely N-dealkylation sites (tertiary alicyclic amines) is 1. The Morgan fingerprint density at radius 3 is 2.95 bits per heavy atom. The second-order valence-corrected chi connectivity index (χ2v) is 7.77. The highest BCUT2D eigenvalue weighted by Crippen LogP contribution is 2.22. The van der Waals surface area contributed by atoms with Crippen molar-refractivity contribution in [3.8, 4) is 6.07 Å². The van der Waals surface area contributed by atoms with Gasteiger partial charge in [0.1, 0.15) is 0 Å². The van der Waals surface area contributed by atoms with Gasteiger partial charge in [-0.15, -0.1) is 0 Å². The maximum absolute atomic E-state index is 12.4. The van der Waals surface area contributed by atoms with Crippen LogP contribution in [0.15, 0.2) is 29.2 Å². The molecule has 0 bridgehead atoms. The number of nitriles is 1. The molecule has 1 unspecified atom stereocenters. The third-order valence-electron chi connectivity index (χ3n) is 4.16. The number of hydrogen-bond donors (Lipinski definition) is 1. The molecular formula is C16H22N2O3S. The van der Waals surface area contributed by atoms with Crippen LogP contribution in [0, 0.1) is 11.3 Å². The van der Waals surface area contributed by atoms with Gasteiger partial charge in [-0.25, -0.2) is 8.42 Å². The number of nitrogens with zero attached hydrogens (tertiary/aromatic N) is 2. The highest BCUT2D eigenvalue weighted by Gasteiger charge is 2.25. The van der Waals surface area contributed by atoms with Crippen molar-refractivity contribution >= 4 is 9.84 Å². The summed E-state index contributed by atoms with van der Waals surface area (Å²) in [5.41, 5.74) is 0.364. The Balaban J connectivity index is 1.99. The zero-order valence-corrected chi connectivity index (χ0v) is 13.4. The molecule has 1 aliphatic heterocycles. The SMILES string of the molecule is N#Cc1cccc(S(=O)(=O)CCN2CCCC2CCCO)c1. The molecule has 1 aromatic rings. The van der Waals surface area contributed by atoms with E-state index in [0.29, 0.717) is 18.2 Å². The van der Waals surface area contributed by atoms with Gasteiger partial charge in [0, 0.05) is 19.2 Å². The summed E-state index contributed by atoms with van der Waals surface area (Å²) >= 11 is 0. The van der Waals surface area contributed by atoms with Crippen LogP contribution in [0.3, 0.4) is 0 Å². The summed E-state index contributed by atoms with van der Waals surface area (Å²) in [5.74, 6) is 0.0670. The van der Waals surface area contributed by atoms with Crippen molar-refractivity contribution in [1.29, 1.82) is 5.26 Å². The minimum Gasteiger partial charge on any atom is -0.396 e. The molecule has 0 aromatic heterocycles. The van der Waals surface area contributed by atoms with Crippen molar-refractivity contribution < 1.29 is 13.5 Å². The minimum absolute atomic E-state index is 0.0670. The fraction of sp³-hybridized carbons (Fsp3) is 0.562. The molecule has 1 aliphatic rings. The normalized spacial score (nSPS) is 19.2. The van der Waals surface area contributed by atoms with Gasteiger partial charge in [0.2, 0.25) is 0 Å². The van der Waals surface area contributed by atoms with Gasteiger partial charge in [0.25, 0.3) is 0 Å². The first-order chi connectivity index (χ1) is 10.6. The van der Waals surface area contributed by atoms with Crippen LogP contribution in [0.4, 0.5) is 0 Å². The molecule has 1 aromatic carbocycles. The third kappa shape index (κ3) is 4.29. The average Bonchev–Trinajstić information content (AvgIpc) is 2.98. The second kappa shape index (κ2) is 7.73. The van der Waals surface area contributed by atoms with Gasteiger partial charge in [-0.05, 0) is 50.4 Å². The summed E-state index contributed by atoms with van der Waals surface area (Å²) in [7, 11) is -3.37. The van der Waals surface area contributed by atoms with E-state index in [-0.39, 0.29) is 17.3 Å². The van der Waals surface area contributed by atoms with Crippen LogP contribution < -0.4 is 0 Å². The smallest absolute Gasteiger partial charge is 0.179 e. The van der Waals surface area contributed by atoms with E-state index in [9.17, 15) is 8.42 Å². The summed E-state index contributed by atoms with van der Waals surface area (Å²) in [6.45, 7) is 1.61. The number of sulfone groups is 1. The van der Waals surface area contributed by atoms with Crippen molar-refractivity contribution in [1.82, 2.24) is 4.90 Å². The number of aliphatic hydroxyl groups is 1. The Labute approximate surface area is 132 Å². The Kier molecular flexibility index (Phi) is 5.95. The number of benzene rings is 1. The first-order valence-electron chi connectivity index (χ1n) is 7.64. The van der Waals surface area contributed by atoms with Gasteiger partial charge >= 0.3 is 0 Å². The molecule has 2 rings (SSSR count). The van der Waals surface area contributed by atoms with Crippen molar-refractivity contribution in [3.63, 3.8) is 0 Å². The molecule has 1 fully saturated rings. The van der Waals surface area contributed by atoms with Crippen LogP contribution in [0.2, 0.25) is 0 Å². The van der Waals surface area contributed by atoms with E-state index in [1.165, 1.54) is 6.07 Å². The third-order valence-corrected chi connectivity index (χ3v) is 5.86. The van der Waals surface area contributed by atoms with Crippen molar-refractivity contribution in [2.45, 2.75) is 36.6 Å². The minimum atomic E-state index is -3.37. The molecule has 120 valence electrons. The molecule has 0 aliphatic carbocycles. The van der Waals surface area contributed by atoms with Crippen LogP contribution in [-0.4, -0.2) is 49.9 Å². The largest absolute Gasteiger partial charge is 0.396 e. The first kappa shape index (κ1) is 16.9. The summed E-state index contributed by atoms with van der Waals surface area (Å²) in [5, 5.41) is 17.8. The number of hydrogen-bond acceptors (Lipinski definition) is 5.